The van der Waals surface area contributed by atoms with Crippen LogP contribution in [0.3, 0.4) is 0 Å². The number of nitrogens with zero attached hydrogens (tertiary/aromatic N) is 1. The number of hydrogen-bond donors (Lipinski definition) is 0. The molecule has 0 amide bonds. The molecule has 0 bridgehead atoms. The molecule has 0 aliphatic rings. The smallest absolute Gasteiger partial charge is 0.0801 e. The monoisotopic (exact) mass is 195 g/mol. The van der Waals surface area contributed by atoms with Gasteiger partial charge in [0.15, 0.2) is 0 Å². The Labute approximate surface area is 84.8 Å². The van der Waals surface area contributed by atoms with Crippen molar-refractivity contribution in [1.82, 2.24) is 4.98 Å². The number of thiazole rings is 1. The average molecular weight is 195 g/mol. The minimum absolute atomic E-state index is 1.10. The van der Waals surface area contributed by atoms with Crippen molar-refractivity contribution < 1.29 is 0 Å². The van der Waals surface area contributed by atoms with E-state index in [1.54, 1.807) is 17.4 Å². The molecule has 1 aromatic heterocycles. The van der Waals surface area contributed by atoms with Crippen LogP contribution in [0.5, 0.6) is 0 Å². The summed E-state index contributed by atoms with van der Waals surface area (Å²) in [5, 5.41) is 0. The van der Waals surface area contributed by atoms with Gasteiger partial charge >= 0.3 is 0 Å². The maximum absolute atomic E-state index is 4.16. The van der Waals surface area contributed by atoms with Crippen LogP contribution in [-0.2, 0) is 0 Å². The first-order chi connectivity index (χ1) is 6.25. The Morgan fingerprint density at radius 2 is 2.15 bits per heavy atom. The van der Waals surface area contributed by atoms with E-state index in [4.69, 9.17) is 0 Å². The van der Waals surface area contributed by atoms with Crippen LogP contribution in [0.15, 0.2) is 24.2 Å². The van der Waals surface area contributed by atoms with Gasteiger partial charge in [0.2, 0.25) is 0 Å². The zero-order valence-electron chi connectivity index (χ0n) is 8.79. The van der Waals surface area contributed by atoms with Crippen LogP contribution in [0.1, 0.15) is 31.3 Å². The fourth-order valence-electron chi connectivity index (χ4n) is 0.933. The molecule has 0 saturated carbocycles. The van der Waals surface area contributed by atoms with E-state index in [1.165, 1.54) is 10.5 Å². The van der Waals surface area contributed by atoms with Crippen molar-refractivity contribution in [3.05, 3.63) is 34.8 Å². The highest BCUT2D eigenvalue weighted by Gasteiger charge is 2.00. The lowest BCUT2D eigenvalue weighted by Crippen LogP contribution is -1.77. The lowest BCUT2D eigenvalue weighted by atomic mass is 10.2. The maximum atomic E-state index is 4.16. The van der Waals surface area contributed by atoms with Crippen LogP contribution >= 0.6 is 11.3 Å². The molecule has 0 radical (unpaired) electrons. The largest absolute Gasteiger partial charge is 0.249 e. The minimum atomic E-state index is 1.10. The predicted molar refractivity (Wildman–Crippen MR) is 62.0 cm³/mol. The molecular formula is C11H17NS. The summed E-state index contributed by atoms with van der Waals surface area (Å²) >= 11 is 1.67. The molecular weight excluding hydrogens is 178 g/mol. The van der Waals surface area contributed by atoms with E-state index in [2.05, 4.69) is 18.5 Å². The summed E-state index contributed by atoms with van der Waals surface area (Å²) in [4.78, 5) is 5.42. The third kappa shape index (κ3) is 3.55. The normalized spacial score (nSPS) is 10.3. The van der Waals surface area contributed by atoms with Gasteiger partial charge in [-0.05, 0) is 19.4 Å². The quantitative estimate of drug-likeness (QED) is 0.648. The zero-order valence-corrected chi connectivity index (χ0v) is 9.61. The first-order valence-electron chi connectivity index (χ1n) is 4.45. The van der Waals surface area contributed by atoms with Gasteiger partial charge in [-0.3, -0.25) is 0 Å². The number of aryl methyl sites for hydroxylation is 1. The Balaban J connectivity index is 0.000000671. The van der Waals surface area contributed by atoms with Gasteiger partial charge in [-0.2, -0.15) is 0 Å². The van der Waals surface area contributed by atoms with Crippen molar-refractivity contribution in [1.29, 1.82) is 0 Å². The fourth-order valence-corrected chi connectivity index (χ4v) is 1.73. The molecule has 1 nitrogen and oxygen atoms in total. The first-order valence-corrected chi connectivity index (χ1v) is 5.33. The topological polar surface area (TPSA) is 12.9 Å². The highest BCUT2D eigenvalue weighted by molar-refractivity contribution is 7.10. The summed E-state index contributed by atoms with van der Waals surface area (Å²) in [5.41, 5.74) is 4.20. The second-order valence-corrected chi connectivity index (χ2v) is 3.21. The van der Waals surface area contributed by atoms with Crippen LogP contribution < -0.4 is 0 Å². The average Bonchev–Trinajstić information content (AvgIpc) is 2.55. The molecule has 0 N–H and O–H groups in total. The Morgan fingerprint density at radius 3 is 2.54 bits per heavy atom. The van der Waals surface area contributed by atoms with E-state index < -0.39 is 0 Å². The third-order valence-corrected chi connectivity index (χ3v) is 2.54. The second kappa shape index (κ2) is 6.61. The van der Waals surface area contributed by atoms with Crippen LogP contribution in [-0.4, -0.2) is 4.98 Å². The molecule has 1 rings (SSSR count). The summed E-state index contributed by atoms with van der Waals surface area (Å²) in [5.74, 6) is 0. The van der Waals surface area contributed by atoms with E-state index in [9.17, 15) is 0 Å². The standard InChI is InChI=1S/C9H11NS.C2H6/c1-4-5-7(2)9-8(3)10-6-11-9;1-2/h4-6H,1H2,2-3H3;1-2H3/b7-5+;. The molecule has 0 unspecified atom stereocenters. The first kappa shape index (κ1) is 12.1. The molecule has 0 aliphatic heterocycles. The van der Waals surface area contributed by atoms with Crippen LogP contribution in [0.25, 0.3) is 5.57 Å². The van der Waals surface area contributed by atoms with Crippen molar-refractivity contribution in [2.24, 2.45) is 0 Å². The van der Waals surface area contributed by atoms with Crippen molar-refractivity contribution in [2.75, 3.05) is 0 Å². The summed E-state index contributed by atoms with van der Waals surface area (Å²) in [6.45, 7) is 11.7. The van der Waals surface area contributed by atoms with E-state index in [-0.39, 0.29) is 0 Å². The Bertz CT molecular complexity index is 284. The van der Waals surface area contributed by atoms with Gasteiger partial charge in [0.25, 0.3) is 0 Å². The van der Waals surface area contributed by atoms with E-state index in [1.807, 2.05) is 32.4 Å². The Kier molecular flexibility index (Phi) is 6.15. The van der Waals surface area contributed by atoms with E-state index >= 15 is 0 Å². The van der Waals surface area contributed by atoms with Gasteiger partial charge in [-0.15, -0.1) is 11.3 Å². The molecule has 13 heavy (non-hydrogen) atoms. The zero-order chi connectivity index (χ0) is 10.3. The van der Waals surface area contributed by atoms with Gasteiger partial charge in [0.1, 0.15) is 0 Å². The SMILES string of the molecule is C=C/C=C(\C)c1scnc1C.CC. The van der Waals surface area contributed by atoms with E-state index in [0.29, 0.717) is 0 Å². The molecule has 0 aromatic carbocycles. The Morgan fingerprint density at radius 1 is 1.54 bits per heavy atom. The molecule has 1 aromatic rings. The highest BCUT2D eigenvalue weighted by atomic mass is 32.1. The van der Waals surface area contributed by atoms with Gasteiger partial charge < -0.3 is 0 Å². The van der Waals surface area contributed by atoms with Gasteiger partial charge in [0, 0.05) is 0 Å². The molecule has 0 atom stereocenters. The number of rotatable bonds is 2. The van der Waals surface area contributed by atoms with Gasteiger partial charge in [-0.1, -0.05) is 32.6 Å². The number of allylic oxidation sites excluding steroid dienone is 3. The Hall–Kier alpha value is -0.890. The minimum Gasteiger partial charge on any atom is -0.249 e. The molecule has 0 fully saturated rings. The molecule has 2 heteroatoms. The third-order valence-electron chi connectivity index (χ3n) is 1.47. The molecule has 0 spiro atoms. The highest BCUT2D eigenvalue weighted by Crippen LogP contribution is 2.21. The van der Waals surface area contributed by atoms with Crippen LogP contribution in [0.2, 0.25) is 0 Å². The van der Waals surface area contributed by atoms with Crippen molar-refractivity contribution in [2.45, 2.75) is 27.7 Å². The van der Waals surface area contributed by atoms with Crippen molar-refractivity contribution in [3.63, 3.8) is 0 Å². The van der Waals surface area contributed by atoms with Gasteiger partial charge in [0.05, 0.1) is 16.1 Å². The molecule has 0 saturated heterocycles. The second-order valence-electron chi connectivity index (χ2n) is 2.35. The van der Waals surface area contributed by atoms with Crippen LogP contribution in [0.4, 0.5) is 0 Å². The number of aromatic nitrogens is 1. The lowest BCUT2D eigenvalue weighted by Gasteiger charge is -1.94. The maximum Gasteiger partial charge on any atom is 0.0801 e. The predicted octanol–water partition coefficient (Wildman–Crippen LogP) is 4.07. The lowest BCUT2D eigenvalue weighted by molar-refractivity contribution is 1.25. The van der Waals surface area contributed by atoms with E-state index in [0.717, 1.165) is 5.69 Å². The van der Waals surface area contributed by atoms with Crippen molar-refractivity contribution in [3.8, 4) is 0 Å². The summed E-state index contributed by atoms with van der Waals surface area (Å²) < 4.78 is 0. The molecule has 72 valence electrons. The number of hydrogen-bond acceptors (Lipinski definition) is 2. The van der Waals surface area contributed by atoms with Crippen molar-refractivity contribution >= 4 is 16.9 Å². The van der Waals surface area contributed by atoms with Gasteiger partial charge in [-0.25, -0.2) is 4.98 Å². The van der Waals surface area contributed by atoms with Crippen LogP contribution in [0, 0.1) is 6.92 Å². The summed E-state index contributed by atoms with van der Waals surface area (Å²) in [6.07, 6.45) is 3.80. The molecule has 0 aliphatic carbocycles. The fraction of sp³-hybridized carbons (Fsp3) is 0.364. The summed E-state index contributed by atoms with van der Waals surface area (Å²) in [7, 11) is 0. The summed E-state index contributed by atoms with van der Waals surface area (Å²) in [6, 6.07) is 0. The molecule has 1 heterocycles.